The van der Waals surface area contributed by atoms with E-state index < -0.39 is 4.92 Å². The van der Waals surface area contributed by atoms with Gasteiger partial charge in [0.25, 0.3) is 5.69 Å². The van der Waals surface area contributed by atoms with Gasteiger partial charge in [-0.3, -0.25) is 15.2 Å². The molecule has 0 saturated heterocycles. The molecule has 0 spiro atoms. The first-order valence-electron chi connectivity index (χ1n) is 5.02. The SMILES string of the molecule is CC(Nc1cc([N+](=O)[O-])ccn1)c1cn[nH]c1. The molecule has 2 aromatic rings. The van der Waals surface area contributed by atoms with E-state index in [0.717, 1.165) is 5.56 Å². The highest BCUT2D eigenvalue weighted by Gasteiger charge is 2.10. The number of hydrogen-bond donors (Lipinski definition) is 2. The maximum atomic E-state index is 10.6. The van der Waals surface area contributed by atoms with E-state index in [1.54, 1.807) is 12.4 Å². The monoisotopic (exact) mass is 233 g/mol. The number of anilines is 1. The van der Waals surface area contributed by atoms with Gasteiger partial charge in [0, 0.05) is 24.0 Å². The number of nitro groups is 1. The molecule has 7 heteroatoms. The minimum atomic E-state index is -0.449. The standard InChI is InChI=1S/C10H11N5O2/c1-7(8-5-12-13-6-8)14-10-4-9(15(16)17)2-3-11-10/h2-7H,1H3,(H,11,14)(H,12,13). The molecule has 0 fully saturated rings. The van der Waals surface area contributed by atoms with Gasteiger partial charge in [-0.1, -0.05) is 0 Å². The van der Waals surface area contributed by atoms with Crippen molar-refractivity contribution in [1.82, 2.24) is 15.2 Å². The van der Waals surface area contributed by atoms with Crippen LogP contribution >= 0.6 is 0 Å². The highest BCUT2D eigenvalue weighted by Crippen LogP contribution is 2.19. The first-order chi connectivity index (χ1) is 8.16. The summed E-state index contributed by atoms with van der Waals surface area (Å²) in [6.07, 6.45) is 4.85. The molecular weight excluding hydrogens is 222 g/mol. The average Bonchev–Trinajstić information content (AvgIpc) is 2.82. The van der Waals surface area contributed by atoms with Crippen LogP contribution < -0.4 is 5.32 Å². The van der Waals surface area contributed by atoms with Crippen molar-refractivity contribution in [1.29, 1.82) is 0 Å². The van der Waals surface area contributed by atoms with Crippen molar-refractivity contribution in [3.63, 3.8) is 0 Å². The molecule has 0 saturated carbocycles. The van der Waals surface area contributed by atoms with Crippen molar-refractivity contribution in [3.8, 4) is 0 Å². The van der Waals surface area contributed by atoms with Gasteiger partial charge in [-0.2, -0.15) is 5.10 Å². The Labute approximate surface area is 97.0 Å². The Morgan fingerprint density at radius 3 is 3.06 bits per heavy atom. The van der Waals surface area contributed by atoms with Gasteiger partial charge >= 0.3 is 0 Å². The number of hydrogen-bond acceptors (Lipinski definition) is 5. The van der Waals surface area contributed by atoms with Crippen molar-refractivity contribution >= 4 is 11.5 Å². The van der Waals surface area contributed by atoms with Crippen LogP contribution in [-0.2, 0) is 0 Å². The molecule has 7 nitrogen and oxygen atoms in total. The summed E-state index contributed by atoms with van der Waals surface area (Å²) in [6, 6.07) is 2.73. The lowest BCUT2D eigenvalue weighted by atomic mass is 10.2. The average molecular weight is 233 g/mol. The normalized spacial score (nSPS) is 12.1. The van der Waals surface area contributed by atoms with Gasteiger partial charge in [-0.25, -0.2) is 4.98 Å². The van der Waals surface area contributed by atoms with Gasteiger partial charge in [0.1, 0.15) is 5.82 Å². The fourth-order valence-electron chi connectivity index (χ4n) is 1.41. The Morgan fingerprint density at radius 1 is 1.59 bits per heavy atom. The molecular formula is C10H11N5O2. The third-order valence-corrected chi connectivity index (χ3v) is 2.34. The van der Waals surface area contributed by atoms with Crippen molar-refractivity contribution in [3.05, 3.63) is 46.4 Å². The van der Waals surface area contributed by atoms with Crippen molar-refractivity contribution in [2.24, 2.45) is 0 Å². The topological polar surface area (TPSA) is 96.7 Å². The van der Waals surface area contributed by atoms with Crippen LogP contribution in [0.5, 0.6) is 0 Å². The van der Waals surface area contributed by atoms with Crippen LogP contribution in [0.25, 0.3) is 0 Å². The quantitative estimate of drug-likeness (QED) is 0.620. The molecule has 0 amide bonds. The molecule has 17 heavy (non-hydrogen) atoms. The largest absolute Gasteiger partial charge is 0.363 e. The van der Waals surface area contributed by atoms with E-state index in [-0.39, 0.29) is 11.7 Å². The molecule has 0 aromatic carbocycles. The molecule has 1 unspecified atom stereocenters. The van der Waals surface area contributed by atoms with E-state index in [9.17, 15) is 10.1 Å². The molecule has 0 radical (unpaired) electrons. The third-order valence-electron chi connectivity index (χ3n) is 2.34. The van der Waals surface area contributed by atoms with Crippen LogP contribution in [0.3, 0.4) is 0 Å². The van der Waals surface area contributed by atoms with Gasteiger partial charge in [0.05, 0.1) is 23.2 Å². The molecule has 2 N–H and O–H groups in total. The van der Waals surface area contributed by atoms with Crippen molar-refractivity contribution < 1.29 is 4.92 Å². The molecule has 1 atom stereocenters. The molecule has 0 bridgehead atoms. The second-order valence-corrected chi connectivity index (χ2v) is 3.55. The van der Waals surface area contributed by atoms with Gasteiger partial charge in [0.2, 0.25) is 0 Å². The number of nitrogens with zero attached hydrogens (tertiary/aromatic N) is 3. The summed E-state index contributed by atoms with van der Waals surface area (Å²) >= 11 is 0. The number of aromatic amines is 1. The maximum Gasteiger partial charge on any atom is 0.274 e. The zero-order valence-electron chi connectivity index (χ0n) is 9.12. The summed E-state index contributed by atoms with van der Waals surface area (Å²) in [7, 11) is 0. The van der Waals surface area contributed by atoms with Crippen LogP contribution in [0.15, 0.2) is 30.7 Å². The molecule has 2 rings (SSSR count). The zero-order valence-corrected chi connectivity index (χ0v) is 9.12. The predicted molar refractivity (Wildman–Crippen MR) is 61.5 cm³/mol. The van der Waals surface area contributed by atoms with Crippen LogP contribution in [0.1, 0.15) is 18.5 Å². The maximum absolute atomic E-state index is 10.6. The minimum absolute atomic E-state index is 0.0156. The van der Waals surface area contributed by atoms with Crippen LogP contribution in [-0.4, -0.2) is 20.1 Å². The van der Waals surface area contributed by atoms with E-state index in [2.05, 4.69) is 20.5 Å². The molecule has 2 aromatic heterocycles. The Kier molecular flexibility index (Phi) is 2.99. The van der Waals surface area contributed by atoms with E-state index in [0.29, 0.717) is 5.82 Å². The lowest BCUT2D eigenvalue weighted by Gasteiger charge is -2.11. The number of aromatic nitrogens is 3. The number of rotatable bonds is 4. The summed E-state index contributed by atoms with van der Waals surface area (Å²) in [4.78, 5) is 14.2. The Bertz CT molecular complexity index is 511. The number of nitrogens with one attached hydrogen (secondary N) is 2. The minimum Gasteiger partial charge on any atom is -0.363 e. The highest BCUT2D eigenvalue weighted by molar-refractivity contribution is 5.45. The lowest BCUT2D eigenvalue weighted by Crippen LogP contribution is -2.07. The van der Waals surface area contributed by atoms with Gasteiger partial charge in [-0.15, -0.1) is 0 Å². The smallest absolute Gasteiger partial charge is 0.274 e. The summed E-state index contributed by atoms with van der Waals surface area (Å²) in [5.74, 6) is 0.466. The fraction of sp³-hybridized carbons (Fsp3) is 0.200. The predicted octanol–water partition coefficient (Wildman–Crippen LogP) is 1.89. The van der Waals surface area contributed by atoms with E-state index in [1.165, 1.54) is 18.3 Å². The second kappa shape index (κ2) is 4.60. The Balaban J connectivity index is 2.13. The van der Waals surface area contributed by atoms with Crippen molar-refractivity contribution in [2.75, 3.05) is 5.32 Å². The van der Waals surface area contributed by atoms with Gasteiger partial charge in [0.15, 0.2) is 0 Å². The van der Waals surface area contributed by atoms with E-state index in [4.69, 9.17) is 0 Å². The summed E-state index contributed by atoms with van der Waals surface area (Å²) in [5.41, 5.74) is 0.972. The zero-order chi connectivity index (χ0) is 12.3. The van der Waals surface area contributed by atoms with Gasteiger partial charge < -0.3 is 5.32 Å². The molecule has 2 heterocycles. The summed E-state index contributed by atoms with van der Waals surface area (Å²) < 4.78 is 0. The number of H-pyrrole nitrogens is 1. The van der Waals surface area contributed by atoms with E-state index >= 15 is 0 Å². The second-order valence-electron chi connectivity index (χ2n) is 3.55. The lowest BCUT2D eigenvalue weighted by molar-refractivity contribution is -0.384. The Hall–Kier alpha value is -2.44. The molecule has 0 aliphatic carbocycles. The van der Waals surface area contributed by atoms with Crippen LogP contribution in [0, 0.1) is 10.1 Å². The van der Waals surface area contributed by atoms with Crippen LogP contribution in [0.2, 0.25) is 0 Å². The first kappa shape index (κ1) is 11.1. The highest BCUT2D eigenvalue weighted by atomic mass is 16.6. The van der Waals surface area contributed by atoms with Crippen molar-refractivity contribution in [2.45, 2.75) is 13.0 Å². The number of pyridine rings is 1. The van der Waals surface area contributed by atoms with Crippen LogP contribution in [0.4, 0.5) is 11.5 Å². The van der Waals surface area contributed by atoms with E-state index in [1.807, 2.05) is 6.92 Å². The third kappa shape index (κ3) is 2.57. The Morgan fingerprint density at radius 2 is 2.41 bits per heavy atom. The molecule has 0 aliphatic rings. The molecule has 88 valence electrons. The summed E-state index contributed by atoms with van der Waals surface area (Å²) in [5, 5.41) is 20.2. The first-order valence-corrected chi connectivity index (χ1v) is 5.02. The van der Waals surface area contributed by atoms with Gasteiger partial charge in [-0.05, 0) is 6.92 Å². The fourth-order valence-corrected chi connectivity index (χ4v) is 1.41. The molecule has 0 aliphatic heterocycles. The summed E-state index contributed by atoms with van der Waals surface area (Å²) in [6.45, 7) is 1.92.